The highest BCUT2D eigenvalue weighted by Crippen LogP contribution is 2.38. The number of aromatic nitrogens is 4. The van der Waals surface area contributed by atoms with E-state index in [1.807, 2.05) is 6.92 Å². The first-order valence-corrected chi connectivity index (χ1v) is 14.4. The molecule has 0 bridgehead atoms. The lowest BCUT2D eigenvalue weighted by Gasteiger charge is -2.30. The number of nitrogens with two attached hydrogens (primary N) is 1. The van der Waals surface area contributed by atoms with Gasteiger partial charge in [0.15, 0.2) is 11.5 Å². The van der Waals surface area contributed by atoms with Gasteiger partial charge in [0.2, 0.25) is 7.44 Å². The van der Waals surface area contributed by atoms with Crippen molar-refractivity contribution >= 4 is 36.4 Å². The highest BCUT2D eigenvalue weighted by molar-refractivity contribution is 7.59. The molecule has 1 saturated carbocycles. The van der Waals surface area contributed by atoms with Crippen molar-refractivity contribution in [1.29, 1.82) is 0 Å². The first-order valence-electron chi connectivity index (χ1n) is 12.5. The molecule has 0 unspecified atom stereocenters. The van der Waals surface area contributed by atoms with Gasteiger partial charge in [-0.05, 0) is 53.9 Å². The lowest BCUT2D eigenvalue weighted by molar-refractivity contribution is -0.154. The Balaban J connectivity index is 1.64. The number of nitrogen functional groups attached to an aromatic ring is 1. The van der Waals surface area contributed by atoms with Crippen LogP contribution in [0.2, 0.25) is 0 Å². The van der Waals surface area contributed by atoms with E-state index < -0.39 is 37.6 Å². The maximum atomic E-state index is 13.9. The van der Waals surface area contributed by atoms with E-state index >= 15 is 0 Å². The molecule has 0 saturated heterocycles. The summed E-state index contributed by atoms with van der Waals surface area (Å²) in [6.45, 7) is 9.02. The van der Waals surface area contributed by atoms with E-state index in [1.54, 1.807) is 38.6 Å². The molecule has 1 aliphatic rings. The molecule has 0 amide bonds. The number of hydrogen-bond acceptors (Lipinski definition) is 10. The van der Waals surface area contributed by atoms with E-state index in [9.17, 15) is 14.2 Å². The summed E-state index contributed by atoms with van der Waals surface area (Å²) in [7, 11) is -3.51. The van der Waals surface area contributed by atoms with Gasteiger partial charge in [0.25, 0.3) is 0 Å². The van der Waals surface area contributed by atoms with Gasteiger partial charge in [-0.25, -0.2) is 25.1 Å². The standard InChI is InChI=1S/C23H38N7O6P/c1-14(2)35-19(31)9-15(3)28-37(33,29-17(5)23(32)36-18-7-6-8-18)13-34-16(4)10-30-12-27-20-21(24)25-11-26-22(20)30/h11-12,14-18H,6-10,13H2,1-5H3,(H2,24,25,26)(H2,28,29,33)/t15-,16+,17+,37-/m0/s1. The van der Waals surface area contributed by atoms with E-state index in [0.717, 1.165) is 19.3 Å². The Morgan fingerprint density at radius 1 is 1.16 bits per heavy atom. The molecule has 0 aliphatic heterocycles. The van der Waals surface area contributed by atoms with Crippen molar-refractivity contribution in [3.05, 3.63) is 12.7 Å². The summed E-state index contributed by atoms with van der Waals surface area (Å²) in [5.74, 6) is -0.613. The highest BCUT2D eigenvalue weighted by Gasteiger charge is 2.33. The molecular formula is C23H38N7O6P. The molecule has 1 fully saturated rings. The Hall–Kier alpha value is -2.60. The van der Waals surface area contributed by atoms with Crippen molar-refractivity contribution < 1.29 is 28.4 Å². The van der Waals surface area contributed by atoms with Crippen LogP contribution in [0.25, 0.3) is 11.2 Å². The van der Waals surface area contributed by atoms with Crippen molar-refractivity contribution in [1.82, 2.24) is 29.7 Å². The predicted octanol–water partition coefficient (Wildman–Crippen LogP) is 2.36. The maximum Gasteiger partial charge on any atom is 0.323 e. The quantitative estimate of drug-likeness (QED) is 0.237. The number of anilines is 1. The normalized spacial score (nSPS) is 18.1. The average molecular weight is 540 g/mol. The fraction of sp³-hybridized carbons (Fsp3) is 0.696. The fourth-order valence-electron chi connectivity index (χ4n) is 3.79. The van der Waals surface area contributed by atoms with Crippen LogP contribution in [0, 0.1) is 0 Å². The molecule has 14 heteroatoms. The Labute approximate surface area is 216 Å². The van der Waals surface area contributed by atoms with Crippen molar-refractivity contribution in [2.24, 2.45) is 0 Å². The molecule has 37 heavy (non-hydrogen) atoms. The van der Waals surface area contributed by atoms with Gasteiger partial charge in [0, 0.05) is 6.04 Å². The van der Waals surface area contributed by atoms with Gasteiger partial charge < -0.3 is 24.5 Å². The minimum absolute atomic E-state index is 0.00244. The topological polar surface area (TPSA) is 173 Å². The van der Waals surface area contributed by atoms with Gasteiger partial charge in [-0.1, -0.05) is 0 Å². The molecule has 2 heterocycles. The summed E-state index contributed by atoms with van der Waals surface area (Å²) in [5, 5.41) is 5.85. The third-order valence-electron chi connectivity index (χ3n) is 5.78. The van der Waals surface area contributed by atoms with E-state index in [4.69, 9.17) is 19.9 Å². The summed E-state index contributed by atoms with van der Waals surface area (Å²) >= 11 is 0. The molecule has 13 nitrogen and oxygen atoms in total. The maximum absolute atomic E-state index is 13.9. The molecule has 2 aromatic heterocycles. The number of ether oxygens (including phenoxy) is 3. The zero-order valence-electron chi connectivity index (χ0n) is 22.0. The summed E-state index contributed by atoms with van der Waals surface area (Å²) in [5.41, 5.74) is 6.91. The smallest absolute Gasteiger partial charge is 0.323 e. The average Bonchev–Trinajstić information content (AvgIpc) is 3.17. The number of fused-ring (bicyclic) bond motifs is 1. The molecule has 4 N–H and O–H groups in total. The lowest BCUT2D eigenvalue weighted by atomic mass is 9.96. The van der Waals surface area contributed by atoms with Crippen LogP contribution in [-0.2, 0) is 34.9 Å². The molecule has 4 atom stereocenters. The number of nitrogens with zero attached hydrogens (tertiary/aromatic N) is 4. The second-order valence-electron chi connectivity index (χ2n) is 9.79. The van der Waals surface area contributed by atoms with Gasteiger partial charge in [-0.2, -0.15) is 0 Å². The molecule has 1 aliphatic carbocycles. The van der Waals surface area contributed by atoms with Crippen LogP contribution in [0.5, 0.6) is 0 Å². The van der Waals surface area contributed by atoms with E-state index in [2.05, 4.69) is 25.1 Å². The van der Waals surface area contributed by atoms with Crippen LogP contribution >= 0.6 is 7.44 Å². The number of esters is 2. The number of nitrogens with one attached hydrogen (secondary N) is 2. The van der Waals surface area contributed by atoms with Gasteiger partial charge >= 0.3 is 11.9 Å². The number of hydrogen-bond donors (Lipinski definition) is 3. The Kier molecular flexibility index (Phi) is 10.00. The summed E-state index contributed by atoms with van der Waals surface area (Å²) in [4.78, 5) is 37.0. The second-order valence-corrected chi connectivity index (χ2v) is 12.0. The minimum atomic E-state index is -3.51. The van der Waals surface area contributed by atoms with Crippen LogP contribution in [0.1, 0.15) is 60.3 Å². The van der Waals surface area contributed by atoms with Crippen LogP contribution in [0.15, 0.2) is 12.7 Å². The van der Waals surface area contributed by atoms with Crippen molar-refractivity contribution in [2.75, 3.05) is 12.1 Å². The molecular weight excluding hydrogens is 501 g/mol. The van der Waals surface area contributed by atoms with Crippen molar-refractivity contribution in [3.8, 4) is 0 Å². The first kappa shape index (κ1) is 29.0. The Morgan fingerprint density at radius 3 is 2.54 bits per heavy atom. The van der Waals surface area contributed by atoms with E-state index in [1.165, 1.54) is 6.33 Å². The highest BCUT2D eigenvalue weighted by atomic mass is 31.2. The van der Waals surface area contributed by atoms with E-state index in [-0.39, 0.29) is 30.8 Å². The van der Waals surface area contributed by atoms with Crippen LogP contribution in [0.3, 0.4) is 0 Å². The second kappa shape index (κ2) is 12.8. The minimum Gasteiger partial charge on any atom is -0.463 e. The molecule has 0 spiro atoms. The third kappa shape index (κ3) is 8.46. The number of imidazole rings is 1. The third-order valence-corrected chi connectivity index (χ3v) is 7.96. The largest absolute Gasteiger partial charge is 0.463 e. The lowest BCUT2D eigenvalue weighted by Crippen LogP contribution is -2.42. The van der Waals surface area contributed by atoms with Crippen molar-refractivity contribution in [3.63, 3.8) is 0 Å². The summed E-state index contributed by atoms with van der Waals surface area (Å²) in [6.07, 6.45) is 4.68. The van der Waals surface area contributed by atoms with Crippen molar-refractivity contribution in [2.45, 2.75) is 97.2 Å². The van der Waals surface area contributed by atoms with Gasteiger partial charge in [0.05, 0.1) is 31.5 Å². The fourth-order valence-corrected chi connectivity index (χ4v) is 6.01. The molecule has 206 valence electrons. The zero-order valence-corrected chi connectivity index (χ0v) is 22.9. The molecule has 0 radical (unpaired) electrons. The Bertz CT molecular complexity index is 1120. The number of rotatable bonds is 14. The molecule has 0 aromatic carbocycles. The predicted molar refractivity (Wildman–Crippen MR) is 138 cm³/mol. The van der Waals surface area contributed by atoms with Gasteiger partial charge in [-0.15, -0.1) is 0 Å². The van der Waals surface area contributed by atoms with Crippen LogP contribution in [0.4, 0.5) is 5.82 Å². The van der Waals surface area contributed by atoms with Gasteiger partial charge in [-0.3, -0.25) is 14.2 Å². The monoisotopic (exact) mass is 539 g/mol. The van der Waals surface area contributed by atoms with Gasteiger partial charge in [0.1, 0.15) is 30.3 Å². The van der Waals surface area contributed by atoms with E-state index in [0.29, 0.717) is 17.7 Å². The number of carbonyl (C=O) groups is 2. The molecule has 3 rings (SSSR count). The van der Waals surface area contributed by atoms with Crippen LogP contribution in [-0.4, -0.2) is 68.2 Å². The molecule has 2 aromatic rings. The van der Waals surface area contributed by atoms with Crippen LogP contribution < -0.4 is 15.9 Å². The zero-order chi connectivity index (χ0) is 27.2. The SMILES string of the molecule is CC(C)OC(=O)C[C@H](C)N[P@@](=O)(CO[C@H](C)Cn1cnc2c(N)ncnc21)N[C@H](C)C(=O)OC1CCC1. The first-order chi connectivity index (χ1) is 17.5. The summed E-state index contributed by atoms with van der Waals surface area (Å²) in [6, 6.07) is -1.35. The Morgan fingerprint density at radius 2 is 1.89 bits per heavy atom. The summed E-state index contributed by atoms with van der Waals surface area (Å²) < 4.78 is 32.3. The number of carbonyl (C=O) groups excluding carboxylic acids is 2.